The monoisotopic (exact) mass is 375 g/mol. The molecule has 0 amide bonds. The summed E-state index contributed by atoms with van der Waals surface area (Å²) in [5.74, 6) is 13.0. The van der Waals surface area contributed by atoms with Gasteiger partial charge < -0.3 is 5.11 Å². The van der Waals surface area contributed by atoms with Crippen molar-refractivity contribution in [2.75, 3.05) is 13.1 Å². The summed E-state index contributed by atoms with van der Waals surface area (Å²) < 4.78 is 0. The van der Waals surface area contributed by atoms with Crippen LogP contribution in [-0.4, -0.2) is 34.2 Å². The van der Waals surface area contributed by atoms with E-state index in [1.807, 2.05) is 20.8 Å². The fourth-order valence-corrected chi connectivity index (χ4v) is 1.87. The Morgan fingerprint density at radius 1 is 0.704 bits per heavy atom. The van der Waals surface area contributed by atoms with Crippen LogP contribution in [0.3, 0.4) is 0 Å². The molecule has 0 spiro atoms. The molecule has 2 aliphatic rings. The second-order valence-corrected chi connectivity index (χ2v) is 11.4. The molecule has 1 aliphatic carbocycles. The molecule has 1 saturated carbocycles. The summed E-state index contributed by atoms with van der Waals surface area (Å²) >= 11 is 0. The van der Waals surface area contributed by atoms with Gasteiger partial charge in [0.05, 0.1) is 0 Å². The summed E-state index contributed by atoms with van der Waals surface area (Å²) in [6, 6.07) is 0. The summed E-state index contributed by atoms with van der Waals surface area (Å²) in [7, 11) is 0. The first kappa shape index (κ1) is 26.0. The molecule has 2 heteroatoms. The zero-order valence-corrected chi connectivity index (χ0v) is 20.0. The van der Waals surface area contributed by atoms with Crippen LogP contribution in [0.15, 0.2) is 0 Å². The van der Waals surface area contributed by atoms with Gasteiger partial charge in [0.1, 0.15) is 5.60 Å². The summed E-state index contributed by atoms with van der Waals surface area (Å²) in [6.45, 7) is 25.3. The smallest absolute Gasteiger partial charge is 0.119 e. The maximum absolute atomic E-state index is 9.21. The summed E-state index contributed by atoms with van der Waals surface area (Å²) in [5, 5.41) is 9.21. The molecule has 0 atom stereocenters. The average molecular weight is 376 g/mol. The molecule has 1 heterocycles. The Morgan fingerprint density at radius 3 is 1.30 bits per heavy atom. The third-order valence-corrected chi connectivity index (χ3v) is 3.78. The predicted octanol–water partition coefficient (Wildman–Crippen LogP) is 5.74. The van der Waals surface area contributed by atoms with Gasteiger partial charge in [0.2, 0.25) is 0 Å². The lowest BCUT2D eigenvalue weighted by atomic mass is 9.96. The van der Waals surface area contributed by atoms with Gasteiger partial charge in [-0.3, -0.25) is 4.90 Å². The average Bonchev–Trinajstić information content (AvgIpc) is 3.12. The van der Waals surface area contributed by atoms with Crippen molar-refractivity contribution in [1.29, 1.82) is 0 Å². The number of likely N-dealkylation sites (tertiary alicyclic amines) is 1. The van der Waals surface area contributed by atoms with Crippen molar-refractivity contribution in [3.8, 4) is 23.7 Å². The van der Waals surface area contributed by atoms with Gasteiger partial charge in [-0.1, -0.05) is 23.7 Å². The molecule has 1 aliphatic heterocycles. The molecule has 2 fully saturated rings. The van der Waals surface area contributed by atoms with Crippen LogP contribution in [0.25, 0.3) is 0 Å². The van der Waals surface area contributed by atoms with E-state index in [0.717, 1.165) is 5.92 Å². The minimum absolute atomic E-state index is 0.0139. The topological polar surface area (TPSA) is 23.5 Å². The number of nitrogens with zero attached hydrogens (tertiary/aromatic N) is 1. The molecule has 0 aromatic carbocycles. The Morgan fingerprint density at radius 2 is 1.15 bits per heavy atom. The predicted molar refractivity (Wildman–Crippen MR) is 119 cm³/mol. The molecule has 1 N–H and O–H groups in total. The van der Waals surface area contributed by atoms with Gasteiger partial charge in [-0.15, -0.1) is 0 Å². The van der Waals surface area contributed by atoms with Gasteiger partial charge >= 0.3 is 0 Å². The van der Waals surface area contributed by atoms with Crippen LogP contribution in [-0.2, 0) is 0 Å². The first-order valence-corrected chi connectivity index (χ1v) is 10.4. The van der Waals surface area contributed by atoms with E-state index in [-0.39, 0.29) is 10.8 Å². The lowest BCUT2D eigenvalue weighted by molar-refractivity contribution is 0.0690. The summed E-state index contributed by atoms with van der Waals surface area (Å²) in [5.41, 5.74) is -0.228. The second-order valence-electron chi connectivity index (χ2n) is 11.4. The molecular weight excluding hydrogens is 330 g/mol. The number of hydrogen-bond donors (Lipinski definition) is 1. The Kier molecular flexibility index (Phi) is 9.64. The molecule has 0 radical (unpaired) electrons. The maximum atomic E-state index is 9.21. The molecule has 156 valence electrons. The highest BCUT2D eigenvalue weighted by molar-refractivity contribution is 5.15. The van der Waals surface area contributed by atoms with E-state index in [2.05, 4.69) is 70.1 Å². The van der Waals surface area contributed by atoms with Crippen molar-refractivity contribution in [1.82, 2.24) is 4.90 Å². The third-order valence-electron chi connectivity index (χ3n) is 3.78. The van der Waals surface area contributed by atoms with E-state index < -0.39 is 5.60 Å². The number of aliphatic hydroxyl groups is 1. The zero-order valence-electron chi connectivity index (χ0n) is 20.0. The van der Waals surface area contributed by atoms with Gasteiger partial charge in [-0.05, 0) is 109 Å². The minimum atomic E-state index is -0.854. The first-order chi connectivity index (χ1) is 11.9. The molecule has 1 saturated heterocycles. The van der Waals surface area contributed by atoms with Crippen molar-refractivity contribution in [2.45, 2.75) is 107 Å². The van der Waals surface area contributed by atoms with Gasteiger partial charge in [0.25, 0.3) is 0 Å². The third kappa shape index (κ3) is 18.2. The van der Waals surface area contributed by atoms with Crippen molar-refractivity contribution < 1.29 is 5.11 Å². The zero-order chi connectivity index (χ0) is 21.5. The Hall–Kier alpha value is -0.960. The van der Waals surface area contributed by atoms with Gasteiger partial charge in [-0.25, -0.2) is 0 Å². The van der Waals surface area contributed by atoms with Crippen LogP contribution < -0.4 is 0 Å². The van der Waals surface area contributed by atoms with E-state index >= 15 is 0 Å². The first-order valence-electron chi connectivity index (χ1n) is 10.4. The van der Waals surface area contributed by atoms with Crippen LogP contribution in [0.2, 0.25) is 0 Å². The molecule has 0 aromatic heterocycles. The lowest BCUT2D eigenvalue weighted by Gasteiger charge is -2.42. The SMILES string of the molecule is CC(C)(C)C#CC(C)(C)O.CC(C)(C)C#CC1CC1.CC(C)(C)N1CCC1. The van der Waals surface area contributed by atoms with Crippen molar-refractivity contribution in [2.24, 2.45) is 16.7 Å². The standard InChI is InChI=1S/C9H16O.C9H14.C7H15N/c1-8(2,3)6-7-9(4,5)10;1-9(2,3)7-6-8-4-5-8;1-7(2,3)8-5-4-6-8/h10H,1-5H3;8H,4-5H2,1-3H3;4-6H2,1-3H3. The summed E-state index contributed by atoms with van der Waals surface area (Å²) in [6.07, 6.45) is 4.07. The van der Waals surface area contributed by atoms with E-state index in [0.29, 0.717) is 5.54 Å². The van der Waals surface area contributed by atoms with Crippen LogP contribution in [0, 0.1) is 40.4 Å². The van der Waals surface area contributed by atoms with E-state index in [1.54, 1.807) is 13.8 Å². The number of hydrogen-bond acceptors (Lipinski definition) is 2. The Labute approximate surface area is 170 Å². The van der Waals surface area contributed by atoms with E-state index in [1.165, 1.54) is 32.4 Å². The molecule has 27 heavy (non-hydrogen) atoms. The molecule has 0 bridgehead atoms. The highest BCUT2D eigenvalue weighted by Gasteiger charge is 2.25. The summed E-state index contributed by atoms with van der Waals surface area (Å²) in [4.78, 5) is 2.49. The number of rotatable bonds is 0. The van der Waals surface area contributed by atoms with Gasteiger partial charge in [-0.2, -0.15) is 0 Å². The van der Waals surface area contributed by atoms with Gasteiger partial charge in [0, 0.05) is 22.3 Å². The van der Waals surface area contributed by atoms with Crippen LogP contribution in [0.4, 0.5) is 0 Å². The highest BCUT2D eigenvalue weighted by atomic mass is 16.3. The fraction of sp³-hybridized carbons (Fsp3) is 0.840. The second kappa shape index (κ2) is 10.0. The highest BCUT2D eigenvalue weighted by Crippen LogP contribution is 2.28. The van der Waals surface area contributed by atoms with Gasteiger partial charge in [0.15, 0.2) is 0 Å². The fourth-order valence-electron chi connectivity index (χ4n) is 1.87. The minimum Gasteiger partial charge on any atom is -0.378 e. The van der Waals surface area contributed by atoms with Crippen LogP contribution >= 0.6 is 0 Å². The van der Waals surface area contributed by atoms with Crippen molar-refractivity contribution >= 4 is 0 Å². The molecule has 2 rings (SSSR count). The normalized spacial score (nSPS) is 17.5. The van der Waals surface area contributed by atoms with Crippen LogP contribution in [0.5, 0.6) is 0 Å². The molecule has 0 aromatic rings. The molecule has 2 nitrogen and oxygen atoms in total. The molecular formula is C25H45NO. The Bertz CT molecular complexity index is 527. The lowest BCUT2D eigenvalue weighted by Crippen LogP contribution is -2.49. The largest absolute Gasteiger partial charge is 0.378 e. The van der Waals surface area contributed by atoms with Crippen molar-refractivity contribution in [3.63, 3.8) is 0 Å². The van der Waals surface area contributed by atoms with Crippen LogP contribution in [0.1, 0.15) is 95.4 Å². The van der Waals surface area contributed by atoms with Crippen molar-refractivity contribution in [3.05, 3.63) is 0 Å². The molecule has 0 unspecified atom stereocenters. The Balaban J connectivity index is 0.000000377. The maximum Gasteiger partial charge on any atom is 0.119 e. The van der Waals surface area contributed by atoms with E-state index in [4.69, 9.17) is 0 Å². The van der Waals surface area contributed by atoms with E-state index in [9.17, 15) is 5.11 Å². The quantitative estimate of drug-likeness (QED) is 0.545.